The van der Waals surface area contributed by atoms with Gasteiger partial charge in [0.25, 0.3) is 0 Å². The third-order valence-corrected chi connectivity index (χ3v) is 3.83. The van der Waals surface area contributed by atoms with Crippen molar-refractivity contribution in [2.75, 3.05) is 20.3 Å². The van der Waals surface area contributed by atoms with Crippen LogP contribution in [0.25, 0.3) is 0 Å². The maximum atomic E-state index is 5.51. The Labute approximate surface area is 111 Å². The third-order valence-electron chi connectivity index (χ3n) is 3.47. The Morgan fingerprint density at radius 2 is 2.06 bits per heavy atom. The highest BCUT2D eigenvalue weighted by molar-refractivity contribution is 7.80. The number of rotatable bonds is 5. The second-order valence-corrected chi connectivity index (χ2v) is 5.26. The van der Waals surface area contributed by atoms with Crippen molar-refractivity contribution < 1.29 is 4.74 Å². The van der Waals surface area contributed by atoms with Gasteiger partial charge in [-0.15, -0.1) is 0 Å². The molecule has 0 bridgehead atoms. The van der Waals surface area contributed by atoms with Crippen LogP contribution in [-0.2, 0) is 4.74 Å². The fraction of sp³-hybridized carbons (Fsp3) is 0.923. The van der Waals surface area contributed by atoms with Gasteiger partial charge in [-0.2, -0.15) is 0 Å². The number of ether oxygens (including phenoxy) is 1. The van der Waals surface area contributed by atoms with E-state index in [4.69, 9.17) is 17.0 Å². The topological polar surface area (TPSA) is 24.5 Å². The first kappa shape index (κ1) is 14.7. The molecule has 1 saturated carbocycles. The van der Waals surface area contributed by atoms with Gasteiger partial charge >= 0.3 is 0 Å². The van der Waals surface area contributed by atoms with Crippen LogP contribution in [0.1, 0.15) is 46.0 Å². The molecule has 0 heterocycles. The zero-order valence-corrected chi connectivity index (χ0v) is 12.2. The number of hydrogen-bond donors (Lipinski definition) is 1. The molecule has 0 aromatic carbocycles. The SMILES string of the molecule is CCN(C(=S)NC1CCCCC1)C(C)COC. The summed E-state index contributed by atoms with van der Waals surface area (Å²) in [6.45, 7) is 5.95. The van der Waals surface area contributed by atoms with Crippen LogP contribution in [0, 0.1) is 0 Å². The van der Waals surface area contributed by atoms with Gasteiger partial charge in [-0.25, -0.2) is 0 Å². The lowest BCUT2D eigenvalue weighted by atomic mass is 9.96. The van der Waals surface area contributed by atoms with Crippen molar-refractivity contribution in [2.45, 2.75) is 58.0 Å². The van der Waals surface area contributed by atoms with Crippen LogP contribution in [0.4, 0.5) is 0 Å². The largest absolute Gasteiger partial charge is 0.383 e. The van der Waals surface area contributed by atoms with E-state index in [1.165, 1.54) is 32.1 Å². The quantitative estimate of drug-likeness (QED) is 0.766. The predicted octanol–water partition coefficient (Wildman–Crippen LogP) is 2.55. The van der Waals surface area contributed by atoms with Crippen molar-refractivity contribution in [1.82, 2.24) is 10.2 Å². The molecular weight excluding hydrogens is 232 g/mol. The first-order chi connectivity index (χ1) is 8.19. The van der Waals surface area contributed by atoms with Gasteiger partial charge in [0.1, 0.15) is 0 Å². The van der Waals surface area contributed by atoms with Gasteiger partial charge in [0.2, 0.25) is 0 Å². The molecule has 0 aromatic heterocycles. The molecule has 0 aliphatic heterocycles. The minimum Gasteiger partial charge on any atom is -0.383 e. The first-order valence-electron chi connectivity index (χ1n) is 6.75. The molecule has 4 heteroatoms. The first-order valence-corrected chi connectivity index (χ1v) is 7.16. The van der Waals surface area contributed by atoms with Gasteiger partial charge < -0.3 is 15.0 Å². The summed E-state index contributed by atoms with van der Waals surface area (Å²) in [6, 6.07) is 0.925. The fourth-order valence-electron chi connectivity index (χ4n) is 2.49. The van der Waals surface area contributed by atoms with E-state index < -0.39 is 0 Å². The number of hydrogen-bond acceptors (Lipinski definition) is 2. The molecule has 1 aliphatic rings. The Morgan fingerprint density at radius 1 is 1.41 bits per heavy atom. The maximum absolute atomic E-state index is 5.51. The zero-order valence-electron chi connectivity index (χ0n) is 11.4. The average Bonchev–Trinajstić information content (AvgIpc) is 2.31. The van der Waals surface area contributed by atoms with Crippen LogP contribution >= 0.6 is 12.2 Å². The van der Waals surface area contributed by atoms with Crippen LogP contribution in [-0.4, -0.2) is 42.4 Å². The lowest BCUT2D eigenvalue weighted by Gasteiger charge is -2.33. The highest BCUT2D eigenvalue weighted by Gasteiger charge is 2.19. The van der Waals surface area contributed by atoms with E-state index in [1.807, 2.05) is 0 Å². The van der Waals surface area contributed by atoms with Gasteiger partial charge in [0.05, 0.1) is 12.6 Å². The lowest BCUT2D eigenvalue weighted by molar-refractivity contribution is 0.137. The minimum absolute atomic E-state index is 0.341. The van der Waals surface area contributed by atoms with E-state index in [1.54, 1.807) is 7.11 Å². The van der Waals surface area contributed by atoms with E-state index in [0.717, 1.165) is 18.3 Å². The molecule has 3 nitrogen and oxygen atoms in total. The van der Waals surface area contributed by atoms with Crippen molar-refractivity contribution >= 4 is 17.3 Å². The molecule has 100 valence electrons. The molecule has 17 heavy (non-hydrogen) atoms. The zero-order chi connectivity index (χ0) is 12.7. The van der Waals surface area contributed by atoms with Gasteiger partial charge in [-0.3, -0.25) is 0 Å². The van der Waals surface area contributed by atoms with Crippen molar-refractivity contribution in [2.24, 2.45) is 0 Å². The Bertz CT molecular complexity index is 229. The minimum atomic E-state index is 0.341. The summed E-state index contributed by atoms with van der Waals surface area (Å²) in [6.07, 6.45) is 6.56. The summed E-state index contributed by atoms with van der Waals surface area (Å²) >= 11 is 5.51. The number of thiocarbonyl (C=S) groups is 1. The van der Waals surface area contributed by atoms with Crippen LogP contribution in [0.3, 0.4) is 0 Å². The van der Waals surface area contributed by atoms with E-state index >= 15 is 0 Å². The Balaban J connectivity index is 2.41. The maximum Gasteiger partial charge on any atom is 0.169 e. The molecular formula is C13H26N2OS. The summed E-state index contributed by atoms with van der Waals surface area (Å²) < 4.78 is 5.20. The molecule has 0 aromatic rings. The van der Waals surface area contributed by atoms with E-state index in [0.29, 0.717) is 12.1 Å². The summed E-state index contributed by atoms with van der Waals surface area (Å²) in [5, 5.41) is 4.40. The summed E-state index contributed by atoms with van der Waals surface area (Å²) in [4.78, 5) is 2.22. The van der Waals surface area contributed by atoms with Gasteiger partial charge in [-0.05, 0) is 38.9 Å². The molecule has 0 spiro atoms. The number of nitrogens with one attached hydrogen (secondary N) is 1. The van der Waals surface area contributed by atoms with Crippen LogP contribution in [0.15, 0.2) is 0 Å². The monoisotopic (exact) mass is 258 g/mol. The van der Waals surface area contributed by atoms with Crippen molar-refractivity contribution in [3.8, 4) is 0 Å². The fourth-order valence-corrected chi connectivity index (χ4v) is 2.97. The number of nitrogens with zero attached hydrogens (tertiary/aromatic N) is 1. The Hall–Kier alpha value is -0.350. The third kappa shape index (κ3) is 4.80. The molecule has 1 unspecified atom stereocenters. The molecule has 0 radical (unpaired) electrons. The average molecular weight is 258 g/mol. The van der Waals surface area contributed by atoms with E-state index in [9.17, 15) is 0 Å². The summed E-state index contributed by atoms with van der Waals surface area (Å²) in [7, 11) is 1.74. The Morgan fingerprint density at radius 3 is 2.59 bits per heavy atom. The van der Waals surface area contributed by atoms with E-state index in [2.05, 4.69) is 24.1 Å². The number of likely N-dealkylation sites (N-methyl/N-ethyl adjacent to an activating group) is 1. The second kappa shape index (κ2) is 7.88. The van der Waals surface area contributed by atoms with Crippen LogP contribution < -0.4 is 5.32 Å². The summed E-state index contributed by atoms with van der Waals surface area (Å²) in [5.41, 5.74) is 0. The Kier molecular flexibility index (Phi) is 6.82. The number of methoxy groups -OCH3 is 1. The van der Waals surface area contributed by atoms with Crippen molar-refractivity contribution in [3.05, 3.63) is 0 Å². The predicted molar refractivity (Wildman–Crippen MR) is 76.3 cm³/mol. The molecule has 1 aliphatic carbocycles. The highest BCUT2D eigenvalue weighted by atomic mass is 32.1. The normalized spacial score (nSPS) is 18.8. The van der Waals surface area contributed by atoms with E-state index in [-0.39, 0.29) is 0 Å². The van der Waals surface area contributed by atoms with Crippen molar-refractivity contribution in [1.29, 1.82) is 0 Å². The van der Waals surface area contributed by atoms with Gasteiger partial charge in [-0.1, -0.05) is 19.3 Å². The molecule has 1 atom stereocenters. The van der Waals surface area contributed by atoms with Gasteiger partial charge in [0, 0.05) is 19.7 Å². The standard InChI is InChI=1S/C13H26N2OS/c1-4-15(11(2)10-16-3)13(17)14-12-8-6-5-7-9-12/h11-12H,4-10H2,1-3H3,(H,14,17). The molecule has 1 N–H and O–H groups in total. The molecule has 1 fully saturated rings. The lowest BCUT2D eigenvalue weighted by Crippen LogP contribution is -2.49. The second-order valence-electron chi connectivity index (χ2n) is 4.87. The van der Waals surface area contributed by atoms with Gasteiger partial charge in [0.15, 0.2) is 5.11 Å². The van der Waals surface area contributed by atoms with Crippen LogP contribution in [0.5, 0.6) is 0 Å². The highest BCUT2D eigenvalue weighted by Crippen LogP contribution is 2.17. The molecule has 0 saturated heterocycles. The van der Waals surface area contributed by atoms with Crippen LogP contribution in [0.2, 0.25) is 0 Å². The molecule has 1 rings (SSSR count). The molecule has 0 amide bonds. The van der Waals surface area contributed by atoms with Crippen molar-refractivity contribution in [3.63, 3.8) is 0 Å². The smallest absolute Gasteiger partial charge is 0.169 e. The summed E-state index contributed by atoms with van der Waals surface area (Å²) in [5.74, 6) is 0.